The molecule has 1 N–H and O–H groups in total. The summed E-state index contributed by atoms with van der Waals surface area (Å²) in [6.07, 6.45) is 3.60. The molecular weight excluding hydrogens is 328 g/mol. The number of nitrogens with zero attached hydrogens (tertiary/aromatic N) is 1. The van der Waals surface area contributed by atoms with E-state index in [0.717, 1.165) is 25.7 Å². The predicted octanol–water partition coefficient (Wildman–Crippen LogP) is 2.40. The van der Waals surface area contributed by atoms with Crippen molar-refractivity contribution in [1.29, 1.82) is 0 Å². The van der Waals surface area contributed by atoms with Gasteiger partial charge in [0.1, 0.15) is 10.6 Å². The van der Waals surface area contributed by atoms with Crippen LogP contribution in [0.5, 0.6) is 5.75 Å². The van der Waals surface area contributed by atoms with E-state index in [1.807, 2.05) is 6.92 Å². The standard InChI is InChI=1S/C17H26N2O4S/c1-3-5-10-18-17(20)14-8-9-15(23-4-2)16(13-14)24(21,22)19-11-6-7-12-19/h8-9,13H,3-7,10-12H2,1-2H3,(H,18,20). The van der Waals surface area contributed by atoms with Crippen molar-refractivity contribution in [2.45, 2.75) is 44.4 Å². The number of hydrogen-bond acceptors (Lipinski definition) is 4. The van der Waals surface area contributed by atoms with Crippen LogP contribution < -0.4 is 10.1 Å². The summed E-state index contributed by atoms with van der Waals surface area (Å²) in [4.78, 5) is 12.3. The van der Waals surface area contributed by atoms with Crippen LogP contribution in [0.15, 0.2) is 23.1 Å². The lowest BCUT2D eigenvalue weighted by atomic mass is 10.2. The van der Waals surface area contributed by atoms with Gasteiger partial charge < -0.3 is 10.1 Å². The van der Waals surface area contributed by atoms with E-state index in [1.54, 1.807) is 19.1 Å². The van der Waals surface area contributed by atoms with Gasteiger partial charge >= 0.3 is 0 Å². The zero-order valence-corrected chi connectivity index (χ0v) is 15.2. The highest BCUT2D eigenvalue weighted by molar-refractivity contribution is 7.89. The van der Waals surface area contributed by atoms with E-state index in [4.69, 9.17) is 4.74 Å². The quantitative estimate of drug-likeness (QED) is 0.728. The molecule has 0 spiro atoms. The van der Waals surface area contributed by atoms with Crippen molar-refractivity contribution in [2.75, 3.05) is 26.2 Å². The van der Waals surface area contributed by atoms with Gasteiger partial charge in [-0.3, -0.25) is 4.79 Å². The van der Waals surface area contributed by atoms with E-state index in [0.29, 0.717) is 37.6 Å². The molecule has 0 unspecified atom stereocenters. The number of sulfonamides is 1. The number of nitrogens with one attached hydrogen (secondary N) is 1. The van der Waals surface area contributed by atoms with Gasteiger partial charge in [-0.1, -0.05) is 13.3 Å². The zero-order valence-electron chi connectivity index (χ0n) is 14.4. The van der Waals surface area contributed by atoms with Crippen LogP contribution in [0.1, 0.15) is 49.9 Å². The van der Waals surface area contributed by atoms with Gasteiger partial charge in [0.05, 0.1) is 6.61 Å². The van der Waals surface area contributed by atoms with Crippen LogP contribution >= 0.6 is 0 Å². The Morgan fingerprint density at radius 1 is 1.25 bits per heavy atom. The number of carbonyl (C=O) groups is 1. The molecule has 6 nitrogen and oxygen atoms in total. The first kappa shape index (κ1) is 18.7. The van der Waals surface area contributed by atoms with Crippen LogP contribution in [0.4, 0.5) is 0 Å². The third-order valence-corrected chi connectivity index (χ3v) is 5.92. The smallest absolute Gasteiger partial charge is 0.251 e. The Hall–Kier alpha value is -1.60. The summed E-state index contributed by atoms with van der Waals surface area (Å²) < 4.78 is 32.7. The van der Waals surface area contributed by atoms with Gasteiger partial charge in [0.25, 0.3) is 5.91 Å². The normalized spacial score (nSPS) is 15.4. The number of benzene rings is 1. The molecule has 0 aromatic heterocycles. The van der Waals surface area contributed by atoms with Crippen molar-refractivity contribution in [3.8, 4) is 5.75 Å². The van der Waals surface area contributed by atoms with Crippen molar-refractivity contribution in [3.05, 3.63) is 23.8 Å². The number of rotatable bonds is 8. The van der Waals surface area contributed by atoms with Crippen molar-refractivity contribution < 1.29 is 17.9 Å². The van der Waals surface area contributed by atoms with Crippen molar-refractivity contribution >= 4 is 15.9 Å². The Kier molecular flexibility index (Phi) is 6.62. The number of unbranched alkanes of at least 4 members (excludes halogenated alkanes) is 1. The Morgan fingerprint density at radius 3 is 2.58 bits per heavy atom. The van der Waals surface area contributed by atoms with E-state index in [2.05, 4.69) is 5.32 Å². The van der Waals surface area contributed by atoms with Crippen LogP contribution in [0.2, 0.25) is 0 Å². The SMILES string of the molecule is CCCCNC(=O)c1ccc(OCC)c(S(=O)(=O)N2CCCC2)c1. The number of carbonyl (C=O) groups excluding carboxylic acids is 1. The third kappa shape index (κ3) is 4.27. The van der Waals surface area contributed by atoms with Crippen molar-refractivity contribution in [2.24, 2.45) is 0 Å². The molecule has 1 amide bonds. The topological polar surface area (TPSA) is 75.7 Å². The third-order valence-electron chi connectivity index (χ3n) is 4.00. The predicted molar refractivity (Wildman–Crippen MR) is 92.8 cm³/mol. The van der Waals surface area contributed by atoms with Crippen LogP contribution in [0.25, 0.3) is 0 Å². The minimum atomic E-state index is -3.64. The van der Waals surface area contributed by atoms with E-state index >= 15 is 0 Å². The maximum atomic E-state index is 12.9. The maximum absolute atomic E-state index is 12.9. The number of hydrogen-bond donors (Lipinski definition) is 1. The van der Waals surface area contributed by atoms with Crippen molar-refractivity contribution in [1.82, 2.24) is 9.62 Å². The van der Waals surface area contributed by atoms with Crippen molar-refractivity contribution in [3.63, 3.8) is 0 Å². The van der Waals surface area contributed by atoms with Crippen LogP contribution in [-0.4, -0.2) is 44.9 Å². The molecule has 1 aliphatic rings. The molecule has 24 heavy (non-hydrogen) atoms. The van der Waals surface area contributed by atoms with Gasteiger partial charge in [0, 0.05) is 25.2 Å². The highest BCUT2D eigenvalue weighted by atomic mass is 32.2. The monoisotopic (exact) mass is 354 g/mol. The van der Waals surface area contributed by atoms with Gasteiger partial charge in [-0.05, 0) is 44.4 Å². The average molecular weight is 354 g/mol. The molecule has 0 aliphatic carbocycles. The summed E-state index contributed by atoms with van der Waals surface area (Å²) in [7, 11) is -3.64. The molecule has 1 aromatic rings. The Bertz CT molecular complexity index is 667. The summed E-state index contributed by atoms with van der Waals surface area (Å²) in [5.41, 5.74) is 0.340. The van der Waals surface area contributed by atoms with Crippen LogP contribution in [0.3, 0.4) is 0 Å². The fourth-order valence-corrected chi connectivity index (χ4v) is 4.35. The summed E-state index contributed by atoms with van der Waals surface area (Å²) >= 11 is 0. The molecule has 1 heterocycles. The average Bonchev–Trinajstić information content (AvgIpc) is 3.11. The van der Waals surface area contributed by atoms with E-state index in [9.17, 15) is 13.2 Å². The van der Waals surface area contributed by atoms with Gasteiger partial charge in [0.15, 0.2) is 0 Å². The summed E-state index contributed by atoms with van der Waals surface area (Å²) in [5.74, 6) is 0.0406. The van der Waals surface area contributed by atoms with Gasteiger partial charge in [-0.15, -0.1) is 0 Å². The maximum Gasteiger partial charge on any atom is 0.251 e. The molecule has 7 heteroatoms. The molecule has 2 rings (SSSR count). The number of amides is 1. The fourth-order valence-electron chi connectivity index (χ4n) is 2.67. The molecular formula is C17H26N2O4S. The fraction of sp³-hybridized carbons (Fsp3) is 0.588. The second-order valence-corrected chi connectivity index (χ2v) is 7.72. The van der Waals surface area contributed by atoms with Gasteiger partial charge in [-0.25, -0.2) is 8.42 Å². The lowest BCUT2D eigenvalue weighted by Gasteiger charge is -2.19. The summed E-state index contributed by atoms with van der Waals surface area (Å²) in [6, 6.07) is 4.61. The highest BCUT2D eigenvalue weighted by Crippen LogP contribution is 2.30. The Labute approximate surface area is 144 Å². The first-order chi connectivity index (χ1) is 11.5. The van der Waals surface area contributed by atoms with Crippen LogP contribution in [-0.2, 0) is 10.0 Å². The zero-order chi connectivity index (χ0) is 17.6. The second-order valence-electron chi connectivity index (χ2n) is 5.82. The summed E-state index contributed by atoms with van der Waals surface area (Å²) in [6.45, 7) is 5.82. The number of ether oxygens (including phenoxy) is 1. The van der Waals surface area contributed by atoms with Crippen LogP contribution in [0, 0.1) is 0 Å². The highest BCUT2D eigenvalue weighted by Gasteiger charge is 2.30. The molecule has 0 radical (unpaired) electrons. The first-order valence-corrected chi connectivity index (χ1v) is 10.00. The molecule has 1 aliphatic heterocycles. The van der Waals surface area contributed by atoms with E-state index in [1.165, 1.54) is 10.4 Å². The molecule has 1 fully saturated rings. The minimum Gasteiger partial charge on any atom is -0.492 e. The lowest BCUT2D eigenvalue weighted by Crippen LogP contribution is -2.29. The first-order valence-electron chi connectivity index (χ1n) is 8.56. The Balaban J connectivity index is 2.32. The molecule has 0 atom stereocenters. The van der Waals surface area contributed by atoms with Gasteiger partial charge in [0.2, 0.25) is 10.0 Å². The molecule has 0 bridgehead atoms. The van der Waals surface area contributed by atoms with Gasteiger partial charge in [-0.2, -0.15) is 4.31 Å². The largest absolute Gasteiger partial charge is 0.492 e. The Morgan fingerprint density at radius 2 is 1.96 bits per heavy atom. The second kappa shape index (κ2) is 8.48. The van der Waals surface area contributed by atoms with E-state index in [-0.39, 0.29) is 10.8 Å². The van der Waals surface area contributed by atoms with E-state index < -0.39 is 10.0 Å². The molecule has 1 saturated heterocycles. The summed E-state index contributed by atoms with van der Waals surface area (Å²) in [5, 5.41) is 2.81. The molecule has 1 aromatic carbocycles. The molecule has 134 valence electrons. The lowest BCUT2D eigenvalue weighted by molar-refractivity contribution is 0.0953. The molecule has 0 saturated carbocycles. The minimum absolute atomic E-state index is 0.0781.